The Morgan fingerprint density at radius 2 is 2.00 bits per heavy atom. The number of aryl methyl sites for hydroxylation is 2. The lowest BCUT2D eigenvalue weighted by Gasteiger charge is -2.26. The number of benzene rings is 1. The fraction of sp³-hybridized carbons (Fsp3) is 0.600. The van der Waals surface area contributed by atoms with E-state index in [-0.39, 0.29) is 11.4 Å². The van der Waals surface area contributed by atoms with E-state index >= 15 is 0 Å². The Morgan fingerprint density at radius 3 is 2.73 bits per heavy atom. The fourth-order valence-electron chi connectivity index (χ4n) is 2.64. The maximum absolute atomic E-state index is 12.5. The average Bonchev–Trinajstić information content (AvgIpc) is 2.66. The van der Waals surface area contributed by atoms with Crippen LogP contribution in [0.4, 0.5) is 0 Å². The largest absolute Gasteiger partial charge is 0.388 e. The molecule has 5 nitrogen and oxygen atoms in total. The van der Waals surface area contributed by atoms with E-state index in [0.717, 1.165) is 13.0 Å². The van der Waals surface area contributed by atoms with E-state index in [1.54, 1.807) is 26.0 Å². The molecular weight excluding hydrogens is 324 g/mol. The van der Waals surface area contributed by atoms with Crippen LogP contribution in [0.1, 0.15) is 30.4 Å². The molecule has 0 spiro atoms. The maximum Gasteiger partial charge on any atom is 0.240 e. The second-order valence-corrected chi connectivity index (χ2v) is 8.16. The van der Waals surface area contributed by atoms with Crippen LogP contribution in [-0.4, -0.2) is 38.8 Å². The van der Waals surface area contributed by atoms with E-state index in [1.165, 1.54) is 0 Å². The molecule has 1 fully saturated rings. The van der Waals surface area contributed by atoms with Gasteiger partial charge in [0.05, 0.1) is 10.5 Å². The molecule has 1 aromatic rings. The Balaban J connectivity index is 2.16. The van der Waals surface area contributed by atoms with E-state index in [0.29, 0.717) is 35.5 Å². The third kappa shape index (κ3) is 4.20. The first-order valence-corrected chi connectivity index (χ1v) is 9.29. The van der Waals surface area contributed by atoms with Crippen LogP contribution in [0, 0.1) is 13.8 Å². The van der Waals surface area contributed by atoms with Crippen LogP contribution in [0.2, 0.25) is 5.02 Å². The Hall–Kier alpha value is -0.660. The number of aliphatic hydroxyl groups is 1. The van der Waals surface area contributed by atoms with Gasteiger partial charge in [-0.05, 0) is 69.5 Å². The topological polar surface area (TPSA) is 78.4 Å². The molecule has 1 aliphatic rings. The van der Waals surface area contributed by atoms with Crippen molar-refractivity contribution in [2.75, 3.05) is 19.6 Å². The predicted molar refractivity (Wildman–Crippen MR) is 87.8 cm³/mol. The van der Waals surface area contributed by atoms with Gasteiger partial charge in [0, 0.05) is 11.6 Å². The van der Waals surface area contributed by atoms with Crippen LogP contribution in [0.15, 0.2) is 17.0 Å². The van der Waals surface area contributed by atoms with Crippen LogP contribution in [0.5, 0.6) is 0 Å². The van der Waals surface area contributed by atoms with Gasteiger partial charge in [0.25, 0.3) is 0 Å². The highest BCUT2D eigenvalue weighted by Gasteiger charge is 2.30. The van der Waals surface area contributed by atoms with Gasteiger partial charge in [0.1, 0.15) is 0 Å². The van der Waals surface area contributed by atoms with Gasteiger partial charge in [-0.1, -0.05) is 11.6 Å². The molecule has 0 aliphatic carbocycles. The van der Waals surface area contributed by atoms with Crippen molar-refractivity contribution in [3.8, 4) is 0 Å². The molecule has 7 heteroatoms. The molecule has 22 heavy (non-hydrogen) atoms. The molecule has 0 aromatic heterocycles. The van der Waals surface area contributed by atoms with Crippen molar-refractivity contribution in [1.29, 1.82) is 0 Å². The van der Waals surface area contributed by atoms with E-state index < -0.39 is 15.6 Å². The quantitative estimate of drug-likeness (QED) is 0.776. The van der Waals surface area contributed by atoms with E-state index in [9.17, 15) is 13.5 Å². The first kappa shape index (κ1) is 17.7. The van der Waals surface area contributed by atoms with Crippen LogP contribution in [-0.2, 0) is 10.0 Å². The summed E-state index contributed by atoms with van der Waals surface area (Å²) in [6, 6.07) is 3.22. The lowest BCUT2D eigenvalue weighted by Crippen LogP contribution is -2.43. The average molecular weight is 347 g/mol. The zero-order valence-electron chi connectivity index (χ0n) is 12.9. The summed E-state index contributed by atoms with van der Waals surface area (Å²) in [6.45, 7) is 5.05. The number of halogens is 1. The molecule has 3 N–H and O–H groups in total. The summed E-state index contributed by atoms with van der Waals surface area (Å²) in [5.74, 6) is 0. The molecule has 124 valence electrons. The highest BCUT2D eigenvalue weighted by molar-refractivity contribution is 7.89. The monoisotopic (exact) mass is 346 g/mol. The summed E-state index contributed by atoms with van der Waals surface area (Å²) < 4.78 is 27.6. The Labute approximate surface area is 137 Å². The standard InChI is InChI=1S/C15H23ClN2O3S/c1-11-9-14(12(2)8-13(11)16)22(20,21)18-10-15(19)4-3-6-17-7-5-15/h8-9,17-19H,3-7,10H2,1-2H3/t15-/m0/s1. The summed E-state index contributed by atoms with van der Waals surface area (Å²) >= 11 is 6.01. The third-order valence-corrected chi connectivity index (χ3v) is 6.05. The van der Waals surface area contributed by atoms with Gasteiger partial charge in [0.2, 0.25) is 10.0 Å². The molecule has 1 heterocycles. The minimum Gasteiger partial charge on any atom is -0.388 e. The van der Waals surface area contributed by atoms with Gasteiger partial charge in [-0.25, -0.2) is 13.1 Å². The Kier molecular flexibility index (Phi) is 5.50. The highest BCUT2D eigenvalue weighted by Crippen LogP contribution is 2.25. The summed E-state index contributed by atoms with van der Waals surface area (Å²) in [7, 11) is -3.67. The van der Waals surface area contributed by atoms with Gasteiger partial charge in [0.15, 0.2) is 0 Å². The zero-order chi connectivity index (χ0) is 16.4. The second-order valence-electron chi connectivity index (χ2n) is 6.02. The first-order valence-electron chi connectivity index (χ1n) is 7.43. The van der Waals surface area contributed by atoms with Crippen LogP contribution in [0.25, 0.3) is 0 Å². The molecule has 1 aliphatic heterocycles. The number of hydrogen-bond acceptors (Lipinski definition) is 4. The molecule has 0 amide bonds. The van der Waals surface area contributed by atoms with Gasteiger partial charge < -0.3 is 10.4 Å². The number of rotatable bonds is 4. The predicted octanol–water partition coefficient (Wildman–Crippen LogP) is 1.74. The Morgan fingerprint density at radius 1 is 1.27 bits per heavy atom. The summed E-state index contributed by atoms with van der Waals surface area (Å²) in [4.78, 5) is 0.213. The molecule has 1 saturated heterocycles. The molecule has 1 atom stereocenters. The highest BCUT2D eigenvalue weighted by atomic mass is 35.5. The fourth-order valence-corrected chi connectivity index (χ4v) is 4.29. The van der Waals surface area contributed by atoms with Gasteiger partial charge in [-0.2, -0.15) is 0 Å². The molecule has 0 radical (unpaired) electrons. The van der Waals surface area contributed by atoms with E-state index in [2.05, 4.69) is 10.0 Å². The van der Waals surface area contributed by atoms with Gasteiger partial charge >= 0.3 is 0 Å². The molecule has 0 saturated carbocycles. The van der Waals surface area contributed by atoms with Gasteiger partial charge in [-0.3, -0.25) is 0 Å². The van der Waals surface area contributed by atoms with Crippen LogP contribution < -0.4 is 10.0 Å². The zero-order valence-corrected chi connectivity index (χ0v) is 14.5. The minimum atomic E-state index is -3.67. The normalized spacial score (nSPS) is 23.3. The van der Waals surface area contributed by atoms with E-state index in [1.807, 2.05) is 0 Å². The summed E-state index contributed by atoms with van der Waals surface area (Å²) in [5, 5.41) is 14.3. The third-order valence-electron chi connectivity index (χ3n) is 4.10. The van der Waals surface area contributed by atoms with Crippen LogP contribution in [0.3, 0.4) is 0 Å². The SMILES string of the molecule is Cc1cc(S(=O)(=O)NC[C@]2(O)CCCNCC2)c(C)cc1Cl. The molecule has 1 aromatic carbocycles. The van der Waals surface area contributed by atoms with Crippen molar-refractivity contribution in [3.05, 3.63) is 28.3 Å². The van der Waals surface area contributed by atoms with Crippen molar-refractivity contribution < 1.29 is 13.5 Å². The molecular formula is C15H23ClN2O3S. The van der Waals surface area contributed by atoms with Crippen molar-refractivity contribution in [2.45, 2.75) is 43.6 Å². The summed E-state index contributed by atoms with van der Waals surface area (Å²) in [6.07, 6.45) is 1.95. The van der Waals surface area contributed by atoms with Crippen molar-refractivity contribution in [3.63, 3.8) is 0 Å². The van der Waals surface area contributed by atoms with Crippen LogP contribution >= 0.6 is 11.6 Å². The Bertz CT molecular complexity index is 638. The first-order chi connectivity index (χ1) is 10.2. The molecule has 0 bridgehead atoms. The minimum absolute atomic E-state index is 0.0259. The molecule has 2 rings (SSSR count). The second kappa shape index (κ2) is 6.84. The van der Waals surface area contributed by atoms with E-state index in [4.69, 9.17) is 11.6 Å². The van der Waals surface area contributed by atoms with Gasteiger partial charge in [-0.15, -0.1) is 0 Å². The van der Waals surface area contributed by atoms with Crippen molar-refractivity contribution in [2.24, 2.45) is 0 Å². The lowest BCUT2D eigenvalue weighted by molar-refractivity contribution is 0.0335. The maximum atomic E-state index is 12.5. The summed E-state index contributed by atoms with van der Waals surface area (Å²) in [5.41, 5.74) is 0.314. The smallest absolute Gasteiger partial charge is 0.240 e. The lowest BCUT2D eigenvalue weighted by atomic mass is 9.95. The number of hydrogen-bond donors (Lipinski definition) is 3. The van der Waals surface area contributed by atoms with Crippen molar-refractivity contribution in [1.82, 2.24) is 10.0 Å². The van der Waals surface area contributed by atoms with Crippen molar-refractivity contribution >= 4 is 21.6 Å². The number of nitrogens with one attached hydrogen (secondary N) is 2. The number of sulfonamides is 1. The molecule has 0 unspecified atom stereocenters.